The van der Waals surface area contributed by atoms with Crippen molar-refractivity contribution in [1.29, 1.82) is 0 Å². The Morgan fingerprint density at radius 1 is 1.06 bits per heavy atom. The standard InChI is InChI=1S/C26H34N4O2/c1-7-22-21-17-20(19-12-14-27-15-13-19)10-11-23(21)29-24(28-22)30(16-8-9-18(2)3)25(31)32-26(4,5)6/h10-15,17-18H,7-9,16H2,1-6H3. The van der Waals surface area contributed by atoms with Crippen molar-refractivity contribution in [2.24, 2.45) is 5.92 Å². The molecule has 3 rings (SSSR count). The minimum absolute atomic E-state index is 0.406. The molecule has 0 aliphatic heterocycles. The van der Waals surface area contributed by atoms with Gasteiger partial charge in [0.25, 0.3) is 0 Å². The number of pyridine rings is 1. The van der Waals surface area contributed by atoms with Gasteiger partial charge in [-0.2, -0.15) is 0 Å². The lowest BCUT2D eigenvalue weighted by molar-refractivity contribution is 0.0577. The molecule has 0 N–H and O–H groups in total. The average molecular weight is 435 g/mol. The van der Waals surface area contributed by atoms with Gasteiger partial charge in [-0.15, -0.1) is 0 Å². The van der Waals surface area contributed by atoms with Gasteiger partial charge in [-0.25, -0.2) is 19.7 Å². The minimum Gasteiger partial charge on any atom is -0.443 e. The van der Waals surface area contributed by atoms with E-state index >= 15 is 0 Å². The highest BCUT2D eigenvalue weighted by atomic mass is 16.6. The average Bonchev–Trinajstić information content (AvgIpc) is 2.74. The zero-order valence-electron chi connectivity index (χ0n) is 20.1. The third kappa shape index (κ3) is 6.02. The van der Waals surface area contributed by atoms with Crippen LogP contribution in [0.2, 0.25) is 0 Å². The maximum atomic E-state index is 13.0. The van der Waals surface area contributed by atoms with Gasteiger partial charge in [0, 0.05) is 24.3 Å². The highest BCUT2D eigenvalue weighted by Gasteiger charge is 2.26. The highest BCUT2D eigenvalue weighted by molar-refractivity contribution is 5.90. The number of fused-ring (bicyclic) bond motifs is 1. The van der Waals surface area contributed by atoms with E-state index < -0.39 is 11.7 Å². The quantitative estimate of drug-likeness (QED) is 0.428. The van der Waals surface area contributed by atoms with Crippen LogP contribution in [0.5, 0.6) is 0 Å². The second-order valence-corrected chi connectivity index (χ2v) is 9.46. The molecule has 6 heteroatoms. The molecule has 0 unspecified atom stereocenters. The molecule has 3 aromatic rings. The van der Waals surface area contributed by atoms with Crippen LogP contribution >= 0.6 is 0 Å². The van der Waals surface area contributed by atoms with Crippen molar-refractivity contribution in [2.75, 3.05) is 11.4 Å². The molecular formula is C26H34N4O2. The Balaban J connectivity index is 2.01. The number of anilines is 1. The van der Waals surface area contributed by atoms with Gasteiger partial charge in [-0.3, -0.25) is 4.98 Å². The van der Waals surface area contributed by atoms with E-state index in [2.05, 4.69) is 31.8 Å². The lowest BCUT2D eigenvalue weighted by Crippen LogP contribution is -2.38. The van der Waals surface area contributed by atoms with Crippen LogP contribution in [0, 0.1) is 5.92 Å². The van der Waals surface area contributed by atoms with Gasteiger partial charge >= 0.3 is 6.09 Å². The summed E-state index contributed by atoms with van der Waals surface area (Å²) < 4.78 is 5.68. The number of aromatic nitrogens is 3. The zero-order chi connectivity index (χ0) is 23.3. The van der Waals surface area contributed by atoms with E-state index in [9.17, 15) is 4.79 Å². The Morgan fingerprint density at radius 2 is 1.78 bits per heavy atom. The molecule has 0 aliphatic rings. The van der Waals surface area contributed by atoms with Gasteiger partial charge in [0.15, 0.2) is 0 Å². The van der Waals surface area contributed by atoms with Gasteiger partial charge < -0.3 is 4.74 Å². The van der Waals surface area contributed by atoms with E-state index in [1.54, 1.807) is 17.3 Å². The molecule has 2 heterocycles. The first-order valence-electron chi connectivity index (χ1n) is 11.4. The number of benzene rings is 1. The molecule has 2 aromatic heterocycles. The summed E-state index contributed by atoms with van der Waals surface area (Å²) in [7, 11) is 0. The molecule has 0 fully saturated rings. The van der Waals surface area contributed by atoms with Gasteiger partial charge in [-0.05, 0) is 81.3 Å². The number of carbonyl (C=O) groups excluding carboxylic acids is 1. The van der Waals surface area contributed by atoms with E-state index in [0.717, 1.165) is 47.0 Å². The summed E-state index contributed by atoms with van der Waals surface area (Å²) in [6, 6.07) is 10.1. The van der Waals surface area contributed by atoms with Gasteiger partial charge in [-0.1, -0.05) is 26.8 Å². The summed E-state index contributed by atoms with van der Waals surface area (Å²) in [6.07, 6.45) is 5.78. The van der Waals surface area contributed by atoms with Crippen molar-refractivity contribution in [3.05, 3.63) is 48.4 Å². The molecular weight excluding hydrogens is 400 g/mol. The molecule has 0 saturated carbocycles. The van der Waals surface area contributed by atoms with Gasteiger partial charge in [0.2, 0.25) is 5.95 Å². The molecule has 0 saturated heterocycles. The van der Waals surface area contributed by atoms with E-state index in [1.165, 1.54) is 0 Å². The fourth-order valence-corrected chi connectivity index (χ4v) is 3.54. The third-order valence-corrected chi connectivity index (χ3v) is 5.13. The number of carbonyl (C=O) groups is 1. The van der Waals surface area contributed by atoms with Crippen molar-refractivity contribution in [1.82, 2.24) is 15.0 Å². The molecule has 170 valence electrons. The maximum absolute atomic E-state index is 13.0. The first kappa shape index (κ1) is 23.6. The summed E-state index contributed by atoms with van der Waals surface area (Å²) in [6.45, 7) is 12.6. The summed E-state index contributed by atoms with van der Waals surface area (Å²) in [4.78, 5) is 28.3. The Bertz CT molecular complexity index is 1060. The van der Waals surface area contributed by atoms with Crippen LogP contribution in [0.3, 0.4) is 0 Å². The second-order valence-electron chi connectivity index (χ2n) is 9.46. The molecule has 0 radical (unpaired) electrons. The summed E-state index contributed by atoms with van der Waals surface area (Å²) >= 11 is 0. The largest absolute Gasteiger partial charge is 0.443 e. The minimum atomic E-state index is -0.586. The molecule has 1 amide bonds. The van der Waals surface area contributed by atoms with Crippen molar-refractivity contribution >= 4 is 22.9 Å². The number of hydrogen-bond donors (Lipinski definition) is 0. The van der Waals surface area contributed by atoms with Crippen molar-refractivity contribution in [2.45, 2.75) is 66.4 Å². The normalized spacial score (nSPS) is 11.7. The first-order valence-corrected chi connectivity index (χ1v) is 11.4. The predicted octanol–water partition coefficient (Wildman–Crippen LogP) is 6.43. The van der Waals surface area contributed by atoms with E-state index in [0.29, 0.717) is 18.4 Å². The lowest BCUT2D eigenvalue weighted by Gasteiger charge is -2.27. The number of rotatable bonds is 7. The highest BCUT2D eigenvalue weighted by Crippen LogP contribution is 2.27. The molecule has 32 heavy (non-hydrogen) atoms. The number of hydrogen-bond acceptors (Lipinski definition) is 5. The van der Waals surface area contributed by atoms with Crippen LogP contribution in [-0.4, -0.2) is 33.2 Å². The summed E-state index contributed by atoms with van der Waals surface area (Å²) in [5, 5.41) is 0.997. The second kappa shape index (κ2) is 10.1. The zero-order valence-corrected chi connectivity index (χ0v) is 20.1. The van der Waals surface area contributed by atoms with Crippen molar-refractivity contribution < 1.29 is 9.53 Å². The van der Waals surface area contributed by atoms with Crippen LogP contribution in [0.4, 0.5) is 10.7 Å². The number of ether oxygens (including phenoxy) is 1. The Kier molecular flexibility index (Phi) is 7.44. The van der Waals surface area contributed by atoms with Gasteiger partial charge in [0.05, 0.1) is 11.2 Å². The van der Waals surface area contributed by atoms with Crippen LogP contribution in [-0.2, 0) is 11.2 Å². The number of nitrogens with zero attached hydrogens (tertiary/aromatic N) is 4. The fraction of sp³-hybridized carbons (Fsp3) is 0.462. The lowest BCUT2D eigenvalue weighted by atomic mass is 10.0. The van der Waals surface area contributed by atoms with E-state index in [1.807, 2.05) is 45.0 Å². The molecule has 6 nitrogen and oxygen atoms in total. The van der Waals surface area contributed by atoms with Crippen LogP contribution < -0.4 is 4.90 Å². The predicted molar refractivity (Wildman–Crippen MR) is 130 cm³/mol. The smallest absolute Gasteiger partial charge is 0.417 e. The topological polar surface area (TPSA) is 68.2 Å². The van der Waals surface area contributed by atoms with Gasteiger partial charge in [0.1, 0.15) is 5.60 Å². The summed E-state index contributed by atoms with van der Waals surface area (Å²) in [5.41, 5.74) is 3.33. The monoisotopic (exact) mass is 434 g/mol. The van der Waals surface area contributed by atoms with Crippen molar-refractivity contribution in [3.8, 4) is 11.1 Å². The Hall–Kier alpha value is -3.02. The summed E-state index contributed by atoms with van der Waals surface area (Å²) in [5.74, 6) is 0.967. The SMILES string of the molecule is CCc1nc(N(CCCC(C)C)C(=O)OC(C)(C)C)nc2ccc(-c3ccncc3)cc12. The molecule has 1 aromatic carbocycles. The maximum Gasteiger partial charge on any atom is 0.417 e. The van der Waals surface area contributed by atoms with Crippen LogP contribution in [0.1, 0.15) is 60.1 Å². The van der Waals surface area contributed by atoms with Crippen molar-refractivity contribution in [3.63, 3.8) is 0 Å². The fourth-order valence-electron chi connectivity index (χ4n) is 3.54. The first-order chi connectivity index (χ1) is 15.2. The molecule has 0 aliphatic carbocycles. The Morgan fingerprint density at radius 3 is 2.41 bits per heavy atom. The third-order valence-electron chi connectivity index (χ3n) is 5.13. The van der Waals surface area contributed by atoms with Crippen LogP contribution in [0.25, 0.3) is 22.0 Å². The van der Waals surface area contributed by atoms with Crippen LogP contribution in [0.15, 0.2) is 42.7 Å². The number of aryl methyl sites for hydroxylation is 1. The Labute approximate surface area is 191 Å². The van der Waals surface area contributed by atoms with E-state index in [4.69, 9.17) is 14.7 Å². The molecule has 0 spiro atoms. The number of amides is 1. The molecule has 0 bridgehead atoms. The van der Waals surface area contributed by atoms with E-state index in [-0.39, 0.29) is 0 Å². The molecule has 0 atom stereocenters.